The van der Waals surface area contributed by atoms with Gasteiger partial charge in [0, 0.05) is 18.2 Å². The smallest absolute Gasteiger partial charge is 0.310 e. The lowest BCUT2D eigenvalue weighted by Crippen LogP contribution is -2.36. The predicted octanol–water partition coefficient (Wildman–Crippen LogP) is 2.04. The Morgan fingerprint density at radius 3 is 2.30 bits per heavy atom. The first kappa shape index (κ1) is 22.3. The number of hydrogen-bond donors (Lipinski definition) is 2. The number of benzene rings is 1. The molecule has 0 atom stereocenters. The maximum absolute atomic E-state index is 14.4. The Morgan fingerprint density at radius 1 is 1.22 bits per heavy atom. The number of carbonyl (C=O) groups is 1. The van der Waals surface area contributed by atoms with Crippen LogP contribution in [-0.2, 0) is 22.9 Å². The fourth-order valence-corrected chi connectivity index (χ4v) is 2.30. The van der Waals surface area contributed by atoms with Crippen molar-refractivity contribution in [3.8, 4) is 11.1 Å². The Morgan fingerprint density at radius 2 is 1.78 bits per heavy atom. The van der Waals surface area contributed by atoms with Crippen LogP contribution < -0.4 is 11.0 Å². The minimum atomic E-state index is -1.18. The quantitative estimate of drug-likeness (QED) is 0.590. The predicted molar refractivity (Wildman–Crippen MR) is 93.3 cm³/mol. The van der Waals surface area contributed by atoms with Crippen LogP contribution in [0.15, 0.2) is 41.3 Å². The molecular formula is C17H18F2N2O5S. The zero-order chi connectivity index (χ0) is 20.6. The lowest BCUT2D eigenvalue weighted by atomic mass is 9.88. The normalized spacial score (nSPS) is 10.6. The SMILES string of the molecule is CC(C)(CCn1cc(F)c(-c2ccccc2)c(F)c1=O)C(=O)NO.O=S=O. The van der Waals surface area contributed by atoms with Crippen LogP contribution in [0.5, 0.6) is 0 Å². The van der Waals surface area contributed by atoms with E-state index >= 15 is 0 Å². The summed E-state index contributed by atoms with van der Waals surface area (Å²) in [4.78, 5) is 23.7. The largest absolute Gasteiger partial charge is 0.335 e. The van der Waals surface area contributed by atoms with E-state index in [1.165, 1.54) is 17.6 Å². The van der Waals surface area contributed by atoms with Crippen molar-refractivity contribution in [2.24, 2.45) is 5.41 Å². The van der Waals surface area contributed by atoms with Gasteiger partial charge in [0.05, 0.1) is 5.56 Å². The minimum Gasteiger partial charge on any atom is -0.310 e. The molecule has 0 aliphatic rings. The summed E-state index contributed by atoms with van der Waals surface area (Å²) < 4.78 is 46.1. The Bertz CT molecular complexity index is 894. The van der Waals surface area contributed by atoms with Gasteiger partial charge in [-0.1, -0.05) is 44.2 Å². The van der Waals surface area contributed by atoms with Crippen LogP contribution in [0.1, 0.15) is 20.3 Å². The molecule has 146 valence electrons. The minimum absolute atomic E-state index is 0.0673. The summed E-state index contributed by atoms with van der Waals surface area (Å²) in [6.07, 6.45) is 1.05. The topological polar surface area (TPSA) is 105 Å². The second-order valence-corrected chi connectivity index (χ2v) is 6.31. The molecule has 2 aromatic rings. The molecule has 0 radical (unpaired) electrons. The number of nitrogens with one attached hydrogen (secondary N) is 1. The van der Waals surface area contributed by atoms with Gasteiger partial charge in [-0.15, -0.1) is 0 Å². The summed E-state index contributed by atoms with van der Waals surface area (Å²) >= 11 is -0.750. The Hall–Kier alpha value is -2.72. The van der Waals surface area contributed by atoms with Gasteiger partial charge in [-0.05, 0) is 12.0 Å². The monoisotopic (exact) mass is 400 g/mol. The second kappa shape index (κ2) is 9.83. The Kier molecular flexibility index (Phi) is 8.13. The van der Waals surface area contributed by atoms with Crippen molar-refractivity contribution >= 4 is 17.5 Å². The van der Waals surface area contributed by atoms with Crippen LogP contribution >= 0.6 is 0 Å². The molecule has 0 saturated heterocycles. The molecule has 7 nitrogen and oxygen atoms in total. The summed E-state index contributed by atoms with van der Waals surface area (Å²) in [5.74, 6) is -2.68. The molecule has 0 unspecified atom stereocenters. The number of aryl methyl sites for hydroxylation is 1. The highest BCUT2D eigenvalue weighted by Crippen LogP contribution is 2.25. The van der Waals surface area contributed by atoms with Gasteiger partial charge >= 0.3 is 11.6 Å². The maximum atomic E-state index is 14.4. The van der Waals surface area contributed by atoms with Crippen LogP contribution in [0.25, 0.3) is 11.1 Å². The molecule has 1 heterocycles. The van der Waals surface area contributed by atoms with Gasteiger partial charge in [-0.25, -0.2) is 14.3 Å². The highest BCUT2D eigenvalue weighted by atomic mass is 32.1. The lowest BCUT2D eigenvalue weighted by Gasteiger charge is -2.22. The average Bonchev–Trinajstić information content (AvgIpc) is 2.64. The fraction of sp³-hybridized carbons (Fsp3) is 0.294. The van der Waals surface area contributed by atoms with Crippen molar-refractivity contribution in [3.05, 3.63) is 58.5 Å². The van der Waals surface area contributed by atoms with E-state index < -0.39 is 40.1 Å². The van der Waals surface area contributed by atoms with Crippen molar-refractivity contribution in [2.75, 3.05) is 0 Å². The molecule has 0 aliphatic heterocycles. The summed E-state index contributed by atoms with van der Waals surface area (Å²) in [6.45, 7) is 3.03. The number of nitrogens with zero attached hydrogens (tertiary/aromatic N) is 1. The number of amides is 1. The number of hydroxylamine groups is 1. The van der Waals surface area contributed by atoms with E-state index in [1.807, 2.05) is 0 Å². The molecule has 1 amide bonds. The van der Waals surface area contributed by atoms with Gasteiger partial charge < -0.3 is 4.57 Å². The third kappa shape index (κ3) is 5.63. The van der Waals surface area contributed by atoms with E-state index in [1.54, 1.807) is 32.0 Å². The van der Waals surface area contributed by atoms with Crippen molar-refractivity contribution in [1.82, 2.24) is 10.0 Å². The number of pyridine rings is 1. The van der Waals surface area contributed by atoms with E-state index in [0.29, 0.717) is 0 Å². The summed E-state index contributed by atoms with van der Waals surface area (Å²) in [5, 5.41) is 8.68. The first-order chi connectivity index (χ1) is 12.7. The molecule has 1 aromatic carbocycles. The van der Waals surface area contributed by atoms with E-state index in [2.05, 4.69) is 0 Å². The zero-order valence-corrected chi connectivity index (χ0v) is 15.4. The van der Waals surface area contributed by atoms with Gasteiger partial charge in [0.25, 0.3) is 5.56 Å². The van der Waals surface area contributed by atoms with Crippen molar-refractivity contribution < 1.29 is 27.2 Å². The summed E-state index contributed by atoms with van der Waals surface area (Å²) in [6, 6.07) is 7.97. The first-order valence-corrected chi connectivity index (χ1v) is 8.36. The van der Waals surface area contributed by atoms with Crippen molar-refractivity contribution in [2.45, 2.75) is 26.8 Å². The lowest BCUT2D eigenvalue weighted by molar-refractivity contribution is -0.138. The second-order valence-electron chi connectivity index (χ2n) is 6.17. The molecule has 2 N–H and O–H groups in total. The molecule has 0 fully saturated rings. The van der Waals surface area contributed by atoms with Gasteiger partial charge in [0.15, 0.2) is 5.82 Å². The molecule has 2 rings (SSSR count). The molecule has 0 spiro atoms. The number of hydrogen-bond acceptors (Lipinski definition) is 5. The van der Waals surface area contributed by atoms with Crippen LogP contribution in [0.3, 0.4) is 0 Å². The van der Waals surface area contributed by atoms with Crippen LogP contribution in [0, 0.1) is 17.0 Å². The van der Waals surface area contributed by atoms with Crippen molar-refractivity contribution in [3.63, 3.8) is 0 Å². The number of carbonyl (C=O) groups excluding carboxylic acids is 1. The number of aromatic nitrogens is 1. The van der Waals surface area contributed by atoms with Gasteiger partial charge in [0.2, 0.25) is 5.91 Å². The molecule has 0 bridgehead atoms. The Labute approximate surface area is 157 Å². The van der Waals surface area contributed by atoms with Gasteiger partial charge in [-0.3, -0.25) is 14.8 Å². The number of halogens is 2. The van der Waals surface area contributed by atoms with Crippen LogP contribution in [0.2, 0.25) is 0 Å². The highest BCUT2D eigenvalue weighted by Gasteiger charge is 2.27. The fourth-order valence-electron chi connectivity index (χ4n) is 2.30. The van der Waals surface area contributed by atoms with E-state index in [-0.39, 0.29) is 24.1 Å². The molecule has 10 heteroatoms. The average molecular weight is 400 g/mol. The third-order valence-electron chi connectivity index (χ3n) is 3.93. The van der Waals surface area contributed by atoms with Crippen LogP contribution in [0.4, 0.5) is 8.78 Å². The van der Waals surface area contributed by atoms with E-state index in [9.17, 15) is 18.4 Å². The molecular weight excluding hydrogens is 382 g/mol. The standard InChI is InChI=1S/C17H18F2N2O3.O2S/c1-17(2,16(23)20-24)8-9-21-10-12(18)13(14(19)15(21)22)11-6-4-3-5-7-11;1-3-2/h3-7,10,24H,8-9H2,1-2H3,(H,20,23);. The highest BCUT2D eigenvalue weighted by molar-refractivity contribution is 7.51. The van der Waals surface area contributed by atoms with E-state index in [0.717, 1.165) is 10.8 Å². The summed E-state index contributed by atoms with van der Waals surface area (Å²) in [5.41, 5.74) is -0.525. The Balaban J connectivity index is 0.00000114. The van der Waals surface area contributed by atoms with Crippen LogP contribution in [-0.4, -0.2) is 24.1 Å². The summed E-state index contributed by atoms with van der Waals surface area (Å²) in [7, 11) is 0. The first-order valence-electron chi connectivity index (χ1n) is 7.69. The zero-order valence-electron chi connectivity index (χ0n) is 14.6. The molecule has 0 saturated carbocycles. The molecule has 0 aliphatic carbocycles. The molecule has 1 aromatic heterocycles. The van der Waals surface area contributed by atoms with Crippen molar-refractivity contribution in [1.29, 1.82) is 0 Å². The maximum Gasteiger partial charge on any atom is 0.335 e. The number of rotatable bonds is 5. The third-order valence-corrected chi connectivity index (χ3v) is 3.93. The van der Waals surface area contributed by atoms with Gasteiger partial charge in [-0.2, -0.15) is 8.42 Å². The van der Waals surface area contributed by atoms with E-state index in [4.69, 9.17) is 13.6 Å². The van der Waals surface area contributed by atoms with Gasteiger partial charge in [0.1, 0.15) is 5.82 Å². The molecule has 27 heavy (non-hydrogen) atoms.